The minimum Gasteiger partial charge on any atom is -0.364 e. The third-order valence-corrected chi connectivity index (χ3v) is 3.11. The second-order valence-electron chi connectivity index (χ2n) is 3.89. The molecule has 2 bridgehead atoms. The fourth-order valence-electron chi connectivity index (χ4n) is 1.69. The molecule has 0 aromatic heterocycles. The van der Waals surface area contributed by atoms with Gasteiger partial charge in [0.2, 0.25) is 0 Å². The Balaban J connectivity index is 2.38. The molecule has 2 aliphatic heterocycles. The minimum atomic E-state index is -0.505. The Kier molecular flexibility index (Phi) is 1.61. The number of rotatable bonds is 0. The molecule has 3 atom stereocenters. The number of halogens is 1. The highest BCUT2D eigenvalue weighted by atomic mass is 35.5. The summed E-state index contributed by atoms with van der Waals surface area (Å²) < 4.78 is 5.53. The van der Waals surface area contributed by atoms with Crippen LogP contribution < -0.4 is 0 Å². The lowest BCUT2D eigenvalue weighted by atomic mass is 9.79. The van der Waals surface area contributed by atoms with Crippen LogP contribution in [0.15, 0.2) is 12.2 Å². The number of carbonyl (C=O) groups excluding carboxylic acids is 1. The van der Waals surface area contributed by atoms with Crippen molar-refractivity contribution in [2.24, 2.45) is 5.41 Å². The molecular formula is C9H11ClO2. The van der Waals surface area contributed by atoms with E-state index < -0.39 is 10.8 Å². The molecule has 0 spiro atoms. The van der Waals surface area contributed by atoms with Gasteiger partial charge >= 0.3 is 0 Å². The monoisotopic (exact) mass is 186 g/mol. The van der Waals surface area contributed by atoms with Gasteiger partial charge in [0.1, 0.15) is 5.38 Å². The maximum absolute atomic E-state index is 11.7. The average Bonchev–Trinajstić information content (AvgIpc) is 2.46. The lowest BCUT2D eigenvalue weighted by molar-refractivity contribution is -0.144. The summed E-state index contributed by atoms with van der Waals surface area (Å²) in [5.41, 5.74) is -0.462. The molecule has 0 aliphatic carbocycles. The van der Waals surface area contributed by atoms with E-state index >= 15 is 0 Å². The van der Waals surface area contributed by atoms with Crippen molar-refractivity contribution in [2.45, 2.75) is 31.4 Å². The number of hydrogen-bond acceptors (Lipinski definition) is 2. The Hall–Kier alpha value is -0.340. The molecule has 2 heterocycles. The second kappa shape index (κ2) is 2.33. The van der Waals surface area contributed by atoms with Crippen molar-refractivity contribution < 1.29 is 9.53 Å². The second-order valence-corrected chi connectivity index (χ2v) is 4.36. The molecule has 3 heteroatoms. The van der Waals surface area contributed by atoms with Crippen molar-refractivity contribution in [3.8, 4) is 0 Å². The highest BCUT2D eigenvalue weighted by Gasteiger charge is 2.50. The van der Waals surface area contributed by atoms with E-state index in [9.17, 15) is 4.79 Å². The van der Waals surface area contributed by atoms with Crippen molar-refractivity contribution in [2.75, 3.05) is 0 Å². The van der Waals surface area contributed by atoms with Crippen LogP contribution in [0.4, 0.5) is 0 Å². The van der Waals surface area contributed by atoms with Gasteiger partial charge in [0, 0.05) is 0 Å². The summed E-state index contributed by atoms with van der Waals surface area (Å²) in [7, 11) is 0. The summed E-state index contributed by atoms with van der Waals surface area (Å²) in [6.07, 6.45) is 3.54. The molecule has 0 aromatic rings. The van der Waals surface area contributed by atoms with E-state index in [1.165, 1.54) is 0 Å². The molecule has 0 aromatic carbocycles. The van der Waals surface area contributed by atoms with Crippen LogP contribution in [0.5, 0.6) is 0 Å². The molecule has 1 fully saturated rings. The van der Waals surface area contributed by atoms with Crippen LogP contribution >= 0.6 is 11.6 Å². The third-order valence-electron chi connectivity index (χ3n) is 2.66. The number of alkyl halides is 1. The van der Waals surface area contributed by atoms with Gasteiger partial charge in [-0.2, -0.15) is 0 Å². The zero-order valence-electron chi connectivity index (χ0n) is 7.08. The van der Waals surface area contributed by atoms with Crippen molar-refractivity contribution in [1.82, 2.24) is 0 Å². The van der Waals surface area contributed by atoms with Gasteiger partial charge in [0.15, 0.2) is 5.78 Å². The van der Waals surface area contributed by atoms with E-state index in [-0.39, 0.29) is 18.0 Å². The van der Waals surface area contributed by atoms with E-state index in [2.05, 4.69) is 0 Å². The van der Waals surface area contributed by atoms with Gasteiger partial charge in [-0.3, -0.25) is 4.79 Å². The van der Waals surface area contributed by atoms with E-state index in [1.807, 2.05) is 26.0 Å². The van der Waals surface area contributed by atoms with Crippen molar-refractivity contribution >= 4 is 17.4 Å². The van der Waals surface area contributed by atoms with E-state index in [0.717, 1.165) is 0 Å². The molecule has 0 radical (unpaired) electrons. The summed E-state index contributed by atoms with van der Waals surface area (Å²) in [5, 5.41) is -0.505. The van der Waals surface area contributed by atoms with Gasteiger partial charge < -0.3 is 4.74 Å². The van der Waals surface area contributed by atoms with Crippen molar-refractivity contribution in [3.63, 3.8) is 0 Å². The van der Waals surface area contributed by atoms with Gasteiger partial charge in [-0.05, 0) is 0 Å². The number of fused-ring (bicyclic) bond motifs is 2. The Morgan fingerprint density at radius 1 is 1.50 bits per heavy atom. The van der Waals surface area contributed by atoms with Crippen molar-refractivity contribution in [3.05, 3.63) is 12.2 Å². The van der Waals surface area contributed by atoms with Crippen LogP contribution in [0, 0.1) is 5.41 Å². The minimum absolute atomic E-state index is 0.0787. The van der Waals surface area contributed by atoms with Crippen LogP contribution in [0.25, 0.3) is 0 Å². The molecule has 2 aliphatic rings. The zero-order chi connectivity index (χ0) is 8.93. The fraction of sp³-hybridized carbons (Fsp3) is 0.667. The van der Waals surface area contributed by atoms with Gasteiger partial charge in [-0.15, -0.1) is 11.6 Å². The van der Waals surface area contributed by atoms with Gasteiger partial charge in [-0.1, -0.05) is 26.0 Å². The highest BCUT2D eigenvalue weighted by Crippen LogP contribution is 2.39. The summed E-state index contributed by atoms with van der Waals surface area (Å²) >= 11 is 5.92. The molecule has 0 N–H and O–H groups in total. The van der Waals surface area contributed by atoms with Gasteiger partial charge in [0.05, 0.1) is 17.6 Å². The summed E-state index contributed by atoms with van der Waals surface area (Å²) in [5.74, 6) is 0.0930. The van der Waals surface area contributed by atoms with E-state index in [1.54, 1.807) is 0 Å². The van der Waals surface area contributed by atoms with E-state index in [0.29, 0.717) is 0 Å². The molecular weight excluding hydrogens is 176 g/mol. The predicted octanol–water partition coefficient (Wildman–Crippen LogP) is 1.53. The SMILES string of the molecule is CC1(C)C(=O)C(Cl)C2C=CC1O2. The fourth-order valence-corrected chi connectivity index (χ4v) is 2.12. The first-order valence-electron chi connectivity index (χ1n) is 4.05. The molecule has 0 saturated carbocycles. The first-order chi connectivity index (χ1) is 5.53. The van der Waals surface area contributed by atoms with Crippen LogP contribution in [-0.2, 0) is 9.53 Å². The molecule has 66 valence electrons. The first-order valence-corrected chi connectivity index (χ1v) is 4.49. The lowest BCUT2D eigenvalue weighted by Gasteiger charge is -2.37. The zero-order valence-corrected chi connectivity index (χ0v) is 7.84. The molecule has 2 nitrogen and oxygen atoms in total. The predicted molar refractivity (Wildman–Crippen MR) is 46.2 cm³/mol. The molecule has 3 unspecified atom stereocenters. The third kappa shape index (κ3) is 0.882. The summed E-state index contributed by atoms with van der Waals surface area (Å²) in [6, 6.07) is 0. The summed E-state index contributed by atoms with van der Waals surface area (Å²) in [4.78, 5) is 11.7. The largest absolute Gasteiger partial charge is 0.364 e. The number of ether oxygens (including phenoxy) is 1. The Bertz CT molecular complexity index is 257. The molecule has 2 rings (SSSR count). The average molecular weight is 187 g/mol. The quantitative estimate of drug-likeness (QED) is 0.424. The standard InChI is InChI=1S/C9H11ClO2/c1-9(2)6-4-3-5(12-6)7(10)8(9)11/h3-7H,1-2H3. The Morgan fingerprint density at radius 3 is 2.83 bits per heavy atom. The van der Waals surface area contributed by atoms with E-state index in [4.69, 9.17) is 16.3 Å². The normalized spacial score (nSPS) is 43.6. The highest BCUT2D eigenvalue weighted by molar-refractivity contribution is 6.32. The first kappa shape index (κ1) is 8.27. The maximum atomic E-state index is 11.7. The molecule has 1 saturated heterocycles. The lowest BCUT2D eigenvalue weighted by Crippen LogP contribution is -2.50. The van der Waals surface area contributed by atoms with Crippen LogP contribution in [0.1, 0.15) is 13.8 Å². The Morgan fingerprint density at radius 2 is 2.17 bits per heavy atom. The Labute approximate surface area is 76.5 Å². The van der Waals surface area contributed by atoms with Crippen LogP contribution in [-0.4, -0.2) is 23.4 Å². The van der Waals surface area contributed by atoms with Gasteiger partial charge in [-0.25, -0.2) is 0 Å². The van der Waals surface area contributed by atoms with Crippen LogP contribution in [0.2, 0.25) is 0 Å². The topological polar surface area (TPSA) is 26.3 Å². The number of carbonyl (C=O) groups is 1. The maximum Gasteiger partial charge on any atom is 0.162 e. The van der Waals surface area contributed by atoms with Crippen molar-refractivity contribution in [1.29, 1.82) is 0 Å². The molecule has 0 amide bonds. The molecule has 12 heavy (non-hydrogen) atoms. The smallest absolute Gasteiger partial charge is 0.162 e. The number of Topliss-reactive ketones (excluding diaryl/α,β-unsaturated/α-hetero) is 1. The summed E-state index contributed by atoms with van der Waals surface area (Å²) in [6.45, 7) is 3.75. The number of hydrogen-bond donors (Lipinski definition) is 0. The number of ketones is 1. The van der Waals surface area contributed by atoms with Gasteiger partial charge in [0.25, 0.3) is 0 Å². The van der Waals surface area contributed by atoms with Crippen LogP contribution in [0.3, 0.4) is 0 Å².